The van der Waals surface area contributed by atoms with Gasteiger partial charge in [-0.1, -0.05) is 31.5 Å². The van der Waals surface area contributed by atoms with Crippen LogP contribution in [0.4, 0.5) is 5.95 Å². The summed E-state index contributed by atoms with van der Waals surface area (Å²) in [6.07, 6.45) is 4.12. The molecular weight excluding hydrogens is 224 g/mol. The highest BCUT2D eigenvalue weighted by molar-refractivity contribution is 6.06. The molecule has 0 atom stereocenters. The normalized spacial score (nSPS) is 11.4. The Balaban J connectivity index is 2.35. The zero-order valence-corrected chi connectivity index (χ0v) is 10.4. The number of rotatable bonds is 3. The van der Waals surface area contributed by atoms with Crippen LogP contribution in [0, 0.1) is 0 Å². The van der Waals surface area contributed by atoms with Gasteiger partial charge in [-0.15, -0.1) is 0 Å². The Bertz CT molecular complexity index is 699. The fourth-order valence-electron chi connectivity index (χ4n) is 2.38. The first-order valence-corrected chi connectivity index (χ1v) is 6.30. The molecule has 0 aliphatic rings. The van der Waals surface area contributed by atoms with Crippen LogP contribution in [-0.2, 0) is 6.54 Å². The van der Waals surface area contributed by atoms with Crippen molar-refractivity contribution in [2.45, 2.75) is 26.3 Å². The predicted octanol–water partition coefficient (Wildman–Crippen LogP) is 2.97. The third kappa shape index (κ3) is 1.61. The lowest BCUT2D eigenvalue weighted by atomic mass is 10.2. The fraction of sp³-hybridized carbons (Fsp3) is 0.286. The summed E-state index contributed by atoms with van der Waals surface area (Å²) < 4.78 is 2.24. The van der Waals surface area contributed by atoms with Crippen LogP contribution in [0.1, 0.15) is 19.8 Å². The molecule has 0 aliphatic heterocycles. The molecule has 1 aromatic carbocycles. The van der Waals surface area contributed by atoms with Gasteiger partial charge in [-0.05, 0) is 12.5 Å². The minimum absolute atomic E-state index is 0.336. The Hall–Kier alpha value is -2.10. The number of hydrogen-bond acceptors (Lipinski definition) is 3. The average Bonchev–Trinajstić information content (AvgIpc) is 2.70. The molecule has 2 aromatic heterocycles. The number of unbranched alkanes of at least 4 members (excludes halogenated alkanes) is 1. The molecule has 2 heterocycles. The summed E-state index contributed by atoms with van der Waals surface area (Å²) in [7, 11) is 0. The molecule has 18 heavy (non-hydrogen) atoms. The van der Waals surface area contributed by atoms with Gasteiger partial charge in [0.1, 0.15) is 5.65 Å². The molecule has 3 aromatic rings. The van der Waals surface area contributed by atoms with Gasteiger partial charge in [-0.3, -0.25) is 0 Å². The van der Waals surface area contributed by atoms with Gasteiger partial charge >= 0.3 is 0 Å². The lowest BCUT2D eigenvalue weighted by Gasteiger charge is -2.05. The number of nitrogen functional groups attached to an aromatic ring is 1. The second-order valence-electron chi connectivity index (χ2n) is 4.49. The third-order valence-electron chi connectivity index (χ3n) is 3.26. The maximum Gasteiger partial charge on any atom is 0.221 e. The van der Waals surface area contributed by atoms with Crippen LogP contribution < -0.4 is 5.73 Å². The zero-order valence-electron chi connectivity index (χ0n) is 10.4. The number of hydrogen-bond donors (Lipinski definition) is 1. The molecule has 0 fully saturated rings. The first-order chi connectivity index (χ1) is 8.81. The van der Waals surface area contributed by atoms with E-state index in [1.165, 1.54) is 10.9 Å². The molecule has 92 valence electrons. The molecular formula is C14H16N4. The van der Waals surface area contributed by atoms with Gasteiger partial charge in [0, 0.05) is 23.5 Å². The standard InChI is InChI=1S/C14H16N4/c1-2-3-8-18-12-7-5-4-6-10(12)11-9-16-14(15)17-13(11)18/h4-7,9H,2-3,8H2,1H3,(H2,15,16,17). The second kappa shape index (κ2) is 4.29. The molecule has 2 N–H and O–H groups in total. The Morgan fingerprint density at radius 3 is 2.89 bits per heavy atom. The predicted molar refractivity (Wildman–Crippen MR) is 74.4 cm³/mol. The van der Waals surface area contributed by atoms with Crippen LogP contribution >= 0.6 is 0 Å². The Morgan fingerprint density at radius 1 is 1.22 bits per heavy atom. The summed E-state index contributed by atoms with van der Waals surface area (Å²) in [5, 5.41) is 2.28. The van der Waals surface area contributed by atoms with E-state index in [1.807, 2.05) is 12.3 Å². The number of aromatic nitrogens is 3. The van der Waals surface area contributed by atoms with E-state index in [1.54, 1.807) is 0 Å². The lowest BCUT2D eigenvalue weighted by Crippen LogP contribution is -2.01. The SMILES string of the molecule is CCCCn1c2ccccc2c2cnc(N)nc21. The van der Waals surface area contributed by atoms with Gasteiger partial charge in [-0.2, -0.15) is 4.98 Å². The molecule has 0 radical (unpaired) electrons. The number of fused-ring (bicyclic) bond motifs is 3. The number of benzene rings is 1. The summed E-state index contributed by atoms with van der Waals surface area (Å²) in [6, 6.07) is 8.34. The van der Waals surface area contributed by atoms with Crippen molar-refractivity contribution >= 4 is 27.9 Å². The molecule has 3 rings (SSSR count). The maximum atomic E-state index is 5.71. The van der Waals surface area contributed by atoms with Crippen molar-refractivity contribution in [3.05, 3.63) is 30.5 Å². The van der Waals surface area contributed by atoms with E-state index >= 15 is 0 Å². The summed E-state index contributed by atoms with van der Waals surface area (Å²) >= 11 is 0. The highest BCUT2D eigenvalue weighted by Crippen LogP contribution is 2.27. The van der Waals surface area contributed by atoms with E-state index in [9.17, 15) is 0 Å². The zero-order chi connectivity index (χ0) is 12.5. The Morgan fingerprint density at radius 2 is 2.06 bits per heavy atom. The molecule has 0 amide bonds. The summed E-state index contributed by atoms with van der Waals surface area (Å²) in [5.74, 6) is 0.336. The van der Waals surface area contributed by atoms with Crippen LogP contribution in [-0.4, -0.2) is 14.5 Å². The van der Waals surface area contributed by atoms with Gasteiger partial charge in [0.05, 0.1) is 5.52 Å². The maximum absolute atomic E-state index is 5.71. The second-order valence-corrected chi connectivity index (χ2v) is 4.49. The largest absolute Gasteiger partial charge is 0.368 e. The number of aryl methyl sites for hydroxylation is 1. The van der Waals surface area contributed by atoms with Crippen molar-refractivity contribution in [1.82, 2.24) is 14.5 Å². The quantitative estimate of drug-likeness (QED) is 0.765. The molecule has 4 heteroatoms. The smallest absolute Gasteiger partial charge is 0.221 e. The first kappa shape index (κ1) is 11.0. The van der Waals surface area contributed by atoms with Gasteiger partial charge in [0.15, 0.2) is 0 Å². The van der Waals surface area contributed by atoms with E-state index < -0.39 is 0 Å². The number of nitrogens with zero attached hydrogens (tertiary/aromatic N) is 3. The van der Waals surface area contributed by atoms with Crippen LogP contribution in [0.15, 0.2) is 30.5 Å². The van der Waals surface area contributed by atoms with Crippen LogP contribution in [0.25, 0.3) is 21.9 Å². The lowest BCUT2D eigenvalue weighted by molar-refractivity contribution is 0.661. The van der Waals surface area contributed by atoms with E-state index in [0.29, 0.717) is 5.95 Å². The fourth-order valence-corrected chi connectivity index (χ4v) is 2.38. The first-order valence-electron chi connectivity index (χ1n) is 6.30. The van der Waals surface area contributed by atoms with Crippen molar-refractivity contribution in [3.8, 4) is 0 Å². The molecule has 0 unspecified atom stereocenters. The average molecular weight is 240 g/mol. The Kier molecular flexibility index (Phi) is 2.63. The molecule has 4 nitrogen and oxygen atoms in total. The number of nitrogens with two attached hydrogens (primary N) is 1. The van der Waals surface area contributed by atoms with Crippen molar-refractivity contribution < 1.29 is 0 Å². The summed E-state index contributed by atoms with van der Waals surface area (Å²) in [6.45, 7) is 3.16. The van der Waals surface area contributed by atoms with Gasteiger partial charge in [0.2, 0.25) is 5.95 Å². The summed E-state index contributed by atoms with van der Waals surface area (Å²) in [5.41, 5.74) is 7.86. The van der Waals surface area contributed by atoms with Gasteiger partial charge in [-0.25, -0.2) is 4.98 Å². The number of para-hydroxylation sites is 1. The minimum Gasteiger partial charge on any atom is -0.368 e. The molecule has 0 aliphatic carbocycles. The topological polar surface area (TPSA) is 56.7 Å². The van der Waals surface area contributed by atoms with E-state index in [0.717, 1.165) is 30.4 Å². The highest BCUT2D eigenvalue weighted by atomic mass is 15.1. The van der Waals surface area contributed by atoms with Crippen LogP contribution in [0.5, 0.6) is 0 Å². The molecule has 0 spiro atoms. The Labute approximate surface area is 105 Å². The third-order valence-corrected chi connectivity index (χ3v) is 3.26. The van der Waals surface area contributed by atoms with Crippen molar-refractivity contribution in [2.24, 2.45) is 0 Å². The molecule has 0 saturated heterocycles. The highest BCUT2D eigenvalue weighted by Gasteiger charge is 2.11. The van der Waals surface area contributed by atoms with E-state index in [2.05, 4.69) is 39.7 Å². The minimum atomic E-state index is 0.336. The van der Waals surface area contributed by atoms with Crippen molar-refractivity contribution in [3.63, 3.8) is 0 Å². The number of anilines is 1. The summed E-state index contributed by atoms with van der Waals surface area (Å²) in [4.78, 5) is 8.50. The molecule has 0 saturated carbocycles. The van der Waals surface area contributed by atoms with Crippen LogP contribution in [0.2, 0.25) is 0 Å². The van der Waals surface area contributed by atoms with Crippen molar-refractivity contribution in [1.29, 1.82) is 0 Å². The molecule has 0 bridgehead atoms. The van der Waals surface area contributed by atoms with E-state index in [4.69, 9.17) is 5.73 Å². The van der Waals surface area contributed by atoms with Crippen LogP contribution in [0.3, 0.4) is 0 Å². The van der Waals surface area contributed by atoms with Gasteiger partial charge in [0.25, 0.3) is 0 Å². The van der Waals surface area contributed by atoms with E-state index in [-0.39, 0.29) is 0 Å². The monoisotopic (exact) mass is 240 g/mol. The van der Waals surface area contributed by atoms with Crippen molar-refractivity contribution in [2.75, 3.05) is 5.73 Å². The van der Waals surface area contributed by atoms with Gasteiger partial charge < -0.3 is 10.3 Å².